The molecule has 1 fully saturated rings. The maximum atomic E-state index is 13.1. The van der Waals surface area contributed by atoms with Crippen molar-refractivity contribution < 1.29 is 31.5 Å². The van der Waals surface area contributed by atoms with Gasteiger partial charge in [0.25, 0.3) is 0 Å². The molecule has 1 heterocycles. The number of anilines is 1. The highest BCUT2D eigenvalue weighted by Crippen LogP contribution is 2.46. The Morgan fingerprint density at radius 2 is 2.03 bits per heavy atom. The van der Waals surface area contributed by atoms with Gasteiger partial charge < -0.3 is 10.4 Å². The fourth-order valence-electron chi connectivity index (χ4n) is 2.95. The number of benzene rings is 1. The van der Waals surface area contributed by atoms with Crippen LogP contribution in [-0.2, 0) is 27.4 Å². The van der Waals surface area contributed by atoms with Crippen molar-refractivity contribution >= 4 is 33.0 Å². The zero-order valence-corrected chi connectivity index (χ0v) is 17.4. The van der Waals surface area contributed by atoms with E-state index in [0.29, 0.717) is 12.8 Å². The van der Waals surface area contributed by atoms with Gasteiger partial charge in [0.1, 0.15) is 5.75 Å². The highest BCUT2D eigenvalue weighted by Gasteiger charge is 2.42. The predicted molar refractivity (Wildman–Crippen MR) is 103 cm³/mol. The molecule has 3 rings (SSSR count). The highest BCUT2D eigenvalue weighted by atomic mass is 35.5. The summed E-state index contributed by atoms with van der Waals surface area (Å²) in [6.07, 6.45) is -3.56. The smallest absolute Gasteiger partial charge is 0.436 e. The van der Waals surface area contributed by atoms with Crippen LogP contribution in [0.5, 0.6) is 5.75 Å². The molecule has 2 N–H and O–H groups in total. The molecule has 1 aliphatic rings. The Morgan fingerprint density at radius 1 is 1.37 bits per heavy atom. The molecular weight excluding hydrogens is 447 g/mol. The first-order valence-corrected chi connectivity index (χ1v) is 11.2. The van der Waals surface area contributed by atoms with Crippen LogP contribution in [0.3, 0.4) is 0 Å². The van der Waals surface area contributed by atoms with Gasteiger partial charge in [-0.25, -0.2) is 8.42 Å². The number of hydrogen-bond acceptors (Lipinski definition) is 5. The Morgan fingerprint density at radius 3 is 2.60 bits per heavy atom. The Hall–Kier alpha value is -2.27. The Bertz CT molecular complexity index is 1080. The maximum Gasteiger partial charge on any atom is 0.436 e. The number of rotatable bonds is 7. The largest absolute Gasteiger partial charge is 0.506 e. The monoisotopic (exact) mass is 465 g/mol. The standard InChI is InChI=1S/C18H19ClF3N3O4S/c1-2-30(28,29)11-5-6-13(26)12(9-11)23-14(27)7-8-25-16(10-3-4-10)15(19)17(24-25)18(20,21)22/h5-6,9-10,26H,2-4,7-8H2,1H3,(H,23,27). The van der Waals surface area contributed by atoms with Gasteiger partial charge in [0, 0.05) is 12.3 Å². The van der Waals surface area contributed by atoms with Gasteiger partial charge in [-0.1, -0.05) is 18.5 Å². The van der Waals surface area contributed by atoms with Crippen LogP contribution < -0.4 is 5.32 Å². The molecule has 0 aliphatic heterocycles. The number of aromatic hydroxyl groups is 1. The number of nitrogens with zero attached hydrogens (tertiary/aromatic N) is 2. The number of aromatic nitrogens is 2. The minimum atomic E-state index is -4.70. The van der Waals surface area contributed by atoms with E-state index < -0.39 is 32.6 Å². The van der Waals surface area contributed by atoms with Crippen molar-refractivity contribution in [3.8, 4) is 5.75 Å². The van der Waals surface area contributed by atoms with Gasteiger partial charge in [-0.05, 0) is 31.0 Å². The lowest BCUT2D eigenvalue weighted by atomic mass is 10.2. The SMILES string of the molecule is CCS(=O)(=O)c1ccc(O)c(NC(=O)CCn2nc(C(F)(F)F)c(Cl)c2C2CC2)c1. The molecule has 30 heavy (non-hydrogen) atoms. The van der Waals surface area contributed by atoms with E-state index in [-0.39, 0.29) is 46.7 Å². The summed E-state index contributed by atoms with van der Waals surface area (Å²) in [4.78, 5) is 12.2. The van der Waals surface area contributed by atoms with Gasteiger partial charge in [0.2, 0.25) is 5.91 Å². The van der Waals surface area contributed by atoms with Crippen LogP contribution >= 0.6 is 11.6 Å². The first-order chi connectivity index (χ1) is 13.9. The van der Waals surface area contributed by atoms with Crippen LogP contribution in [0.25, 0.3) is 0 Å². The molecule has 12 heteroatoms. The van der Waals surface area contributed by atoms with Crippen LogP contribution in [0.1, 0.15) is 43.5 Å². The zero-order valence-electron chi connectivity index (χ0n) is 15.8. The van der Waals surface area contributed by atoms with E-state index in [1.54, 1.807) is 0 Å². The number of phenols is 1. The highest BCUT2D eigenvalue weighted by molar-refractivity contribution is 7.91. The van der Waals surface area contributed by atoms with Crippen molar-refractivity contribution in [1.29, 1.82) is 0 Å². The minimum Gasteiger partial charge on any atom is -0.506 e. The fraction of sp³-hybridized carbons (Fsp3) is 0.444. The van der Waals surface area contributed by atoms with Gasteiger partial charge in [0.05, 0.1) is 33.6 Å². The van der Waals surface area contributed by atoms with E-state index in [1.165, 1.54) is 13.0 Å². The molecule has 1 saturated carbocycles. The number of hydrogen-bond donors (Lipinski definition) is 2. The number of carbonyl (C=O) groups is 1. The Kier molecular flexibility index (Phi) is 6.06. The maximum absolute atomic E-state index is 13.1. The first-order valence-electron chi connectivity index (χ1n) is 9.13. The lowest BCUT2D eigenvalue weighted by molar-refractivity contribution is -0.141. The van der Waals surface area contributed by atoms with Crippen LogP contribution in [0.15, 0.2) is 23.1 Å². The van der Waals surface area contributed by atoms with Crippen molar-refractivity contribution in [3.63, 3.8) is 0 Å². The molecule has 0 spiro atoms. The van der Waals surface area contributed by atoms with Crippen molar-refractivity contribution in [2.45, 2.75) is 49.7 Å². The second-order valence-corrected chi connectivity index (χ2v) is 9.58. The van der Waals surface area contributed by atoms with Crippen LogP contribution in [0, 0.1) is 0 Å². The van der Waals surface area contributed by atoms with E-state index >= 15 is 0 Å². The summed E-state index contributed by atoms with van der Waals surface area (Å²) in [7, 11) is -3.55. The summed E-state index contributed by atoms with van der Waals surface area (Å²) in [6, 6.07) is 3.50. The number of amides is 1. The molecule has 0 saturated heterocycles. The van der Waals surface area contributed by atoms with Crippen LogP contribution in [0.4, 0.5) is 18.9 Å². The van der Waals surface area contributed by atoms with E-state index in [1.807, 2.05) is 0 Å². The number of alkyl halides is 3. The Balaban J connectivity index is 1.75. The van der Waals surface area contributed by atoms with Crippen LogP contribution in [0.2, 0.25) is 5.02 Å². The number of sulfone groups is 1. The van der Waals surface area contributed by atoms with Crippen molar-refractivity contribution in [2.75, 3.05) is 11.1 Å². The van der Waals surface area contributed by atoms with E-state index in [0.717, 1.165) is 16.8 Å². The second-order valence-electron chi connectivity index (χ2n) is 6.92. The lowest BCUT2D eigenvalue weighted by Gasteiger charge is -2.11. The molecule has 1 aromatic carbocycles. The lowest BCUT2D eigenvalue weighted by Crippen LogP contribution is -2.17. The summed E-state index contributed by atoms with van der Waals surface area (Å²) in [5.74, 6) is -1.24. The fourth-order valence-corrected chi connectivity index (χ4v) is 4.25. The van der Waals surface area contributed by atoms with E-state index in [9.17, 15) is 31.5 Å². The number of phenolic OH excluding ortho intramolecular Hbond substituents is 1. The minimum absolute atomic E-state index is 0.0669. The number of carbonyl (C=O) groups excluding carboxylic acids is 1. The van der Waals surface area contributed by atoms with Crippen molar-refractivity contribution in [1.82, 2.24) is 9.78 Å². The van der Waals surface area contributed by atoms with Gasteiger partial charge in [-0.2, -0.15) is 18.3 Å². The number of nitrogens with one attached hydrogen (secondary N) is 1. The number of aryl methyl sites for hydroxylation is 1. The third-order valence-corrected chi connectivity index (χ3v) is 6.80. The molecule has 0 radical (unpaired) electrons. The van der Waals surface area contributed by atoms with Gasteiger partial charge in [-0.3, -0.25) is 9.48 Å². The van der Waals surface area contributed by atoms with E-state index in [2.05, 4.69) is 10.4 Å². The molecule has 1 aromatic heterocycles. The molecule has 2 aromatic rings. The van der Waals surface area contributed by atoms with Crippen molar-refractivity contribution in [3.05, 3.63) is 34.6 Å². The summed E-state index contributed by atoms with van der Waals surface area (Å²) in [5, 5.41) is 15.4. The van der Waals surface area contributed by atoms with Crippen LogP contribution in [-0.4, -0.2) is 35.0 Å². The zero-order chi connectivity index (χ0) is 22.3. The second kappa shape index (κ2) is 8.10. The summed E-state index contributed by atoms with van der Waals surface area (Å²) in [5.41, 5.74) is -1.02. The number of halogens is 4. The average molecular weight is 466 g/mol. The summed E-state index contributed by atoms with van der Waals surface area (Å²) < 4.78 is 64.4. The third kappa shape index (κ3) is 4.72. The summed E-state index contributed by atoms with van der Waals surface area (Å²) in [6.45, 7) is 1.31. The molecule has 0 unspecified atom stereocenters. The summed E-state index contributed by atoms with van der Waals surface area (Å²) >= 11 is 5.90. The quantitative estimate of drug-likeness (QED) is 0.603. The topological polar surface area (TPSA) is 101 Å². The average Bonchev–Trinajstić information content (AvgIpc) is 3.43. The molecule has 1 aliphatic carbocycles. The normalized spacial score (nSPS) is 14.7. The molecule has 1 amide bonds. The molecular formula is C18H19ClF3N3O4S. The predicted octanol–water partition coefficient (Wildman–Crippen LogP) is 3.96. The molecule has 0 atom stereocenters. The third-order valence-electron chi connectivity index (χ3n) is 4.70. The van der Waals surface area contributed by atoms with Gasteiger partial charge >= 0.3 is 6.18 Å². The van der Waals surface area contributed by atoms with Gasteiger partial charge in [0.15, 0.2) is 15.5 Å². The molecule has 164 valence electrons. The van der Waals surface area contributed by atoms with Gasteiger partial charge in [-0.15, -0.1) is 0 Å². The Labute approximate surface area is 175 Å². The molecule has 7 nitrogen and oxygen atoms in total. The van der Waals surface area contributed by atoms with E-state index in [4.69, 9.17) is 11.6 Å². The van der Waals surface area contributed by atoms with Crippen molar-refractivity contribution in [2.24, 2.45) is 0 Å². The molecule has 0 bridgehead atoms. The first kappa shape index (κ1) is 22.4.